The van der Waals surface area contributed by atoms with Gasteiger partial charge in [0.25, 0.3) is 0 Å². The monoisotopic (exact) mass is 565 g/mol. The molecule has 3 aromatic rings. The van der Waals surface area contributed by atoms with Gasteiger partial charge in [-0.05, 0) is 88.5 Å². The summed E-state index contributed by atoms with van der Waals surface area (Å²) in [4.78, 5) is 28.7. The van der Waals surface area contributed by atoms with Crippen LogP contribution in [0.25, 0.3) is 0 Å². The molecule has 2 aliphatic heterocycles. The van der Waals surface area contributed by atoms with Gasteiger partial charge in [-0.2, -0.15) is 0 Å². The van der Waals surface area contributed by atoms with E-state index in [1.165, 1.54) is 30.2 Å². The minimum absolute atomic E-state index is 0.0145. The van der Waals surface area contributed by atoms with Gasteiger partial charge in [0.15, 0.2) is 5.78 Å². The second kappa shape index (κ2) is 12.9. The van der Waals surface area contributed by atoms with E-state index in [9.17, 15) is 14.0 Å². The van der Waals surface area contributed by atoms with Crippen LogP contribution < -0.4 is 10.6 Å². The number of likely N-dealkylation sites (tertiary alicyclic amines) is 1. The first-order valence-electron chi connectivity index (χ1n) is 14.9. The summed E-state index contributed by atoms with van der Waals surface area (Å²) in [6, 6.07) is 27.7. The molecule has 1 saturated heterocycles. The Hall–Kier alpha value is -4.03. The van der Waals surface area contributed by atoms with E-state index >= 15 is 0 Å². The summed E-state index contributed by atoms with van der Waals surface area (Å²) in [5, 5.41) is 6.33. The highest BCUT2D eigenvalue weighted by Gasteiger charge is 2.38. The Morgan fingerprint density at radius 3 is 1.95 bits per heavy atom. The highest BCUT2D eigenvalue weighted by atomic mass is 19.1. The van der Waals surface area contributed by atoms with E-state index in [1.54, 1.807) is 12.1 Å². The van der Waals surface area contributed by atoms with Crippen molar-refractivity contribution in [2.45, 2.75) is 51.4 Å². The molecule has 1 fully saturated rings. The van der Waals surface area contributed by atoms with Gasteiger partial charge in [-0.25, -0.2) is 4.39 Å². The summed E-state index contributed by atoms with van der Waals surface area (Å²) >= 11 is 0. The molecule has 5 rings (SSSR count). The van der Waals surface area contributed by atoms with Crippen molar-refractivity contribution >= 4 is 11.7 Å². The van der Waals surface area contributed by atoms with Gasteiger partial charge in [0, 0.05) is 40.4 Å². The van der Waals surface area contributed by atoms with Crippen LogP contribution in [0.15, 0.2) is 107 Å². The number of halogens is 1. The number of Topliss-reactive ketones (excluding diaryl/α,β-unsaturated/α-hetero) is 1. The van der Waals surface area contributed by atoms with E-state index < -0.39 is 5.92 Å². The lowest BCUT2D eigenvalue weighted by atomic mass is 9.68. The number of amides is 1. The van der Waals surface area contributed by atoms with Crippen LogP contribution in [-0.4, -0.2) is 42.8 Å². The van der Waals surface area contributed by atoms with Crippen molar-refractivity contribution in [2.24, 2.45) is 0 Å². The van der Waals surface area contributed by atoms with Gasteiger partial charge in [0.2, 0.25) is 5.91 Å². The van der Waals surface area contributed by atoms with Crippen LogP contribution in [0.4, 0.5) is 4.39 Å². The fourth-order valence-electron chi connectivity index (χ4n) is 6.77. The van der Waals surface area contributed by atoms with Crippen molar-refractivity contribution in [1.82, 2.24) is 15.5 Å². The van der Waals surface area contributed by atoms with Crippen molar-refractivity contribution in [3.05, 3.63) is 130 Å². The first-order valence-corrected chi connectivity index (χ1v) is 14.9. The number of carbonyl (C=O) groups excluding carboxylic acids is 2. The third-order valence-corrected chi connectivity index (χ3v) is 8.89. The molecular formula is C36H40FN3O2. The molecule has 3 aromatic carbocycles. The summed E-state index contributed by atoms with van der Waals surface area (Å²) in [6.07, 6.45) is 2.92. The number of carbonyl (C=O) groups is 2. The molecule has 0 spiro atoms. The molecule has 0 radical (unpaired) electrons. The maximum atomic E-state index is 13.7. The zero-order valence-electron chi connectivity index (χ0n) is 24.8. The maximum Gasteiger partial charge on any atom is 0.249 e. The molecule has 6 heteroatoms. The normalized spacial score (nSPS) is 18.9. The Kier molecular flexibility index (Phi) is 9.03. The van der Waals surface area contributed by atoms with Crippen molar-refractivity contribution in [3.8, 4) is 0 Å². The van der Waals surface area contributed by atoms with Gasteiger partial charge in [-0.15, -0.1) is 0 Å². The SMILES string of the molecule is CC(=O)C1=C(C)NC(C)=C(C(=O)NCCCN2CCC(c3ccccc3)(c3ccccc3)CC2)C1c1ccc(F)cc1. The molecule has 2 heterocycles. The quantitative estimate of drug-likeness (QED) is 0.302. The molecule has 0 aromatic heterocycles. The molecule has 2 N–H and O–H groups in total. The summed E-state index contributed by atoms with van der Waals surface area (Å²) in [5.74, 6) is -1.21. The number of ketones is 1. The van der Waals surface area contributed by atoms with Gasteiger partial charge in [0.1, 0.15) is 5.82 Å². The number of rotatable bonds is 9. The van der Waals surface area contributed by atoms with E-state index in [-0.39, 0.29) is 22.9 Å². The smallest absolute Gasteiger partial charge is 0.249 e. The van der Waals surface area contributed by atoms with Crippen LogP contribution in [0.5, 0.6) is 0 Å². The molecular weight excluding hydrogens is 525 g/mol. The van der Waals surface area contributed by atoms with Crippen molar-refractivity contribution in [1.29, 1.82) is 0 Å². The van der Waals surface area contributed by atoms with Crippen LogP contribution >= 0.6 is 0 Å². The summed E-state index contributed by atoms with van der Waals surface area (Å²) in [7, 11) is 0. The Bertz CT molecular complexity index is 1430. The largest absolute Gasteiger partial charge is 0.362 e. The lowest BCUT2D eigenvalue weighted by molar-refractivity contribution is -0.117. The number of piperidine rings is 1. The maximum absolute atomic E-state index is 13.7. The predicted molar refractivity (Wildman–Crippen MR) is 165 cm³/mol. The van der Waals surface area contributed by atoms with E-state index in [0.29, 0.717) is 23.4 Å². The molecule has 5 nitrogen and oxygen atoms in total. The molecule has 1 atom stereocenters. The zero-order chi connectivity index (χ0) is 29.7. The molecule has 0 saturated carbocycles. The number of hydrogen-bond donors (Lipinski definition) is 2. The van der Waals surface area contributed by atoms with Gasteiger partial charge in [-0.3, -0.25) is 9.59 Å². The molecule has 1 unspecified atom stereocenters. The molecule has 0 bridgehead atoms. The van der Waals surface area contributed by atoms with E-state index in [2.05, 4.69) is 76.2 Å². The summed E-state index contributed by atoms with van der Waals surface area (Å²) < 4.78 is 13.7. The number of allylic oxidation sites excluding steroid dienone is 3. The third kappa shape index (κ3) is 6.09. The van der Waals surface area contributed by atoms with Gasteiger partial charge < -0.3 is 15.5 Å². The molecule has 42 heavy (non-hydrogen) atoms. The Morgan fingerprint density at radius 1 is 0.857 bits per heavy atom. The lowest BCUT2D eigenvalue weighted by Gasteiger charge is -2.43. The van der Waals surface area contributed by atoms with Crippen LogP contribution in [-0.2, 0) is 15.0 Å². The zero-order valence-corrected chi connectivity index (χ0v) is 24.8. The fraction of sp³-hybridized carbons (Fsp3) is 0.333. The fourth-order valence-corrected chi connectivity index (χ4v) is 6.77. The number of hydrogen-bond acceptors (Lipinski definition) is 4. The summed E-state index contributed by atoms with van der Waals surface area (Å²) in [6.45, 7) is 8.61. The predicted octanol–water partition coefficient (Wildman–Crippen LogP) is 6.24. The van der Waals surface area contributed by atoms with Crippen LogP contribution in [0.3, 0.4) is 0 Å². The van der Waals surface area contributed by atoms with E-state index in [4.69, 9.17) is 0 Å². The number of nitrogens with one attached hydrogen (secondary N) is 2. The van der Waals surface area contributed by atoms with Gasteiger partial charge in [-0.1, -0.05) is 72.8 Å². The van der Waals surface area contributed by atoms with Crippen LogP contribution in [0, 0.1) is 5.82 Å². The minimum Gasteiger partial charge on any atom is -0.362 e. The highest BCUT2D eigenvalue weighted by Crippen LogP contribution is 2.42. The number of benzene rings is 3. The van der Waals surface area contributed by atoms with E-state index in [1.807, 2.05) is 13.8 Å². The standard InChI is InChI=1S/C36H40FN3O2/c1-25-32(27(3)41)34(28-15-17-31(37)18-16-28)33(26(2)39-25)35(42)38-21-10-22-40-23-19-36(20-24-40,29-11-6-4-7-12-29)30-13-8-5-9-14-30/h4-9,11-18,34,39H,10,19-24H2,1-3H3,(H,38,42). The minimum atomic E-state index is -0.546. The van der Waals surface area contributed by atoms with Gasteiger partial charge in [0.05, 0.1) is 0 Å². The Labute approximate surface area is 248 Å². The molecule has 218 valence electrons. The second-order valence-electron chi connectivity index (χ2n) is 11.5. The van der Waals surface area contributed by atoms with Crippen molar-refractivity contribution in [2.75, 3.05) is 26.2 Å². The topological polar surface area (TPSA) is 61.4 Å². The average molecular weight is 566 g/mol. The first-order chi connectivity index (χ1) is 20.3. The highest BCUT2D eigenvalue weighted by molar-refractivity contribution is 6.03. The average Bonchev–Trinajstić information content (AvgIpc) is 3.00. The van der Waals surface area contributed by atoms with Crippen LogP contribution in [0.2, 0.25) is 0 Å². The van der Waals surface area contributed by atoms with Crippen molar-refractivity contribution in [3.63, 3.8) is 0 Å². The van der Waals surface area contributed by atoms with Crippen LogP contribution in [0.1, 0.15) is 62.6 Å². The van der Waals surface area contributed by atoms with Gasteiger partial charge >= 0.3 is 0 Å². The van der Waals surface area contributed by atoms with Crippen molar-refractivity contribution < 1.29 is 14.0 Å². The lowest BCUT2D eigenvalue weighted by Crippen LogP contribution is -2.44. The number of nitrogens with zero attached hydrogens (tertiary/aromatic N) is 1. The molecule has 1 amide bonds. The van der Waals surface area contributed by atoms with E-state index in [0.717, 1.165) is 50.2 Å². The Balaban J connectivity index is 1.22. The number of dihydropyridines is 1. The Morgan fingerprint density at radius 2 is 1.40 bits per heavy atom. The molecule has 2 aliphatic rings. The third-order valence-electron chi connectivity index (χ3n) is 8.89. The molecule has 0 aliphatic carbocycles. The first kappa shape index (κ1) is 29.5. The summed E-state index contributed by atoms with van der Waals surface area (Å²) in [5.41, 5.74) is 5.95. The second-order valence-corrected chi connectivity index (χ2v) is 11.5.